The number of aliphatic hydroxyl groups is 1. The molecule has 0 amide bonds. The van der Waals surface area contributed by atoms with E-state index in [1.54, 1.807) is 13.8 Å². The van der Waals surface area contributed by atoms with E-state index in [1.165, 1.54) is 6.92 Å². The molecule has 0 aromatic carbocycles. The van der Waals surface area contributed by atoms with Gasteiger partial charge in [-0.3, -0.25) is 19.2 Å². The highest BCUT2D eigenvalue weighted by Gasteiger charge is 2.55. The summed E-state index contributed by atoms with van der Waals surface area (Å²) in [5, 5.41) is 16.3. The van der Waals surface area contributed by atoms with E-state index in [1.807, 2.05) is 0 Å². The molecule has 16 heteroatoms. The molecule has 0 radical (unpaired) electrons. The van der Waals surface area contributed by atoms with Crippen molar-refractivity contribution in [2.75, 3.05) is 13.2 Å². The fourth-order valence-electron chi connectivity index (χ4n) is 4.45. The highest BCUT2D eigenvalue weighted by atomic mass is 32.1. The van der Waals surface area contributed by atoms with Crippen LogP contribution >= 0.6 is 12.2 Å². The molecule has 3 aliphatic rings. The second kappa shape index (κ2) is 12.7. The maximum absolute atomic E-state index is 11.9. The summed E-state index contributed by atoms with van der Waals surface area (Å²) >= 11 is 5.36. The molecule has 9 atom stereocenters. The molecule has 220 valence electrons. The van der Waals surface area contributed by atoms with Gasteiger partial charge in [0.25, 0.3) is 0 Å². The summed E-state index contributed by atoms with van der Waals surface area (Å²) in [7, 11) is 0. The predicted octanol–water partition coefficient (Wildman–Crippen LogP) is -1.23. The molecular weight excluding hydrogens is 544 g/mol. The minimum Gasteiger partial charge on any atom is -0.463 e. The molecule has 0 aliphatic carbocycles. The lowest BCUT2D eigenvalue weighted by Crippen LogP contribution is -2.67. The van der Waals surface area contributed by atoms with Crippen LogP contribution < -0.4 is 10.6 Å². The molecule has 0 saturated carbocycles. The van der Waals surface area contributed by atoms with Crippen LogP contribution in [0.15, 0.2) is 0 Å². The van der Waals surface area contributed by atoms with Crippen molar-refractivity contribution in [2.24, 2.45) is 0 Å². The molecule has 0 aromatic rings. The van der Waals surface area contributed by atoms with E-state index in [9.17, 15) is 24.3 Å². The normalized spacial score (nSPS) is 34.8. The molecular formula is C23H34N2O13S. The Labute approximate surface area is 230 Å². The minimum absolute atomic E-state index is 0.00840. The first-order chi connectivity index (χ1) is 18.2. The van der Waals surface area contributed by atoms with Crippen LogP contribution in [0.3, 0.4) is 0 Å². The second-order valence-corrected chi connectivity index (χ2v) is 10.0. The smallest absolute Gasteiger partial charge is 0.303 e. The summed E-state index contributed by atoms with van der Waals surface area (Å²) in [6.07, 6.45) is -9.50. The number of aliphatic hydroxyl groups excluding tert-OH is 1. The maximum Gasteiger partial charge on any atom is 0.303 e. The third-order valence-electron chi connectivity index (χ3n) is 5.84. The van der Waals surface area contributed by atoms with Gasteiger partial charge in [0.2, 0.25) is 0 Å². The maximum atomic E-state index is 11.9. The molecule has 3 rings (SSSR count). The van der Waals surface area contributed by atoms with Gasteiger partial charge in [-0.05, 0) is 26.1 Å². The van der Waals surface area contributed by atoms with Crippen molar-refractivity contribution in [3.63, 3.8) is 0 Å². The molecule has 3 saturated heterocycles. The number of carbonyl (C=O) groups is 4. The zero-order valence-corrected chi connectivity index (χ0v) is 23.2. The number of rotatable bonds is 8. The van der Waals surface area contributed by atoms with Gasteiger partial charge in [-0.25, -0.2) is 0 Å². The quantitative estimate of drug-likeness (QED) is 0.176. The van der Waals surface area contributed by atoms with Crippen molar-refractivity contribution in [3.05, 3.63) is 0 Å². The number of ether oxygens (including phenoxy) is 8. The Morgan fingerprint density at radius 2 is 1.44 bits per heavy atom. The molecule has 3 aliphatic heterocycles. The molecule has 0 spiro atoms. The Kier molecular flexibility index (Phi) is 10.1. The highest BCUT2D eigenvalue weighted by molar-refractivity contribution is 7.80. The molecule has 3 N–H and O–H groups in total. The van der Waals surface area contributed by atoms with Crippen molar-refractivity contribution < 1.29 is 62.2 Å². The third-order valence-corrected chi connectivity index (χ3v) is 6.10. The van der Waals surface area contributed by atoms with Crippen molar-refractivity contribution >= 4 is 41.2 Å². The van der Waals surface area contributed by atoms with E-state index in [4.69, 9.17) is 50.1 Å². The van der Waals surface area contributed by atoms with Crippen LogP contribution in [0.1, 0.15) is 41.5 Å². The third kappa shape index (κ3) is 8.18. The summed E-state index contributed by atoms with van der Waals surface area (Å²) in [5.41, 5.74) is 0. The number of hydrogen-bond acceptors (Lipinski definition) is 14. The van der Waals surface area contributed by atoms with Crippen LogP contribution in [-0.4, -0.2) is 108 Å². The zero-order chi connectivity index (χ0) is 29.1. The van der Waals surface area contributed by atoms with Crippen LogP contribution in [0, 0.1) is 0 Å². The average molecular weight is 579 g/mol. The summed E-state index contributed by atoms with van der Waals surface area (Å²) in [6, 6.07) is 0. The van der Waals surface area contributed by atoms with Gasteiger partial charge in [-0.1, -0.05) is 0 Å². The van der Waals surface area contributed by atoms with Gasteiger partial charge in [0.1, 0.15) is 31.0 Å². The van der Waals surface area contributed by atoms with Crippen LogP contribution in [-0.2, 0) is 57.1 Å². The van der Waals surface area contributed by atoms with Gasteiger partial charge < -0.3 is 53.6 Å². The Morgan fingerprint density at radius 1 is 0.846 bits per heavy atom. The van der Waals surface area contributed by atoms with Gasteiger partial charge in [0, 0.05) is 34.2 Å². The summed E-state index contributed by atoms with van der Waals surface area (Å²) < 4.78 is 44.1. The van der Waals surface area contributed by atoms with Crippen LogP contribution in [0.4, 0.5) is 0 Å². The molecule has 39 heavy (non-hydrogen) atoms. The monoisotopic (exact) mass is 578 g/mol. The summed E-state index contributed by atoms with van der Waals surface area (Å²) in [6.45, 7) is 7.64. The van der Waals surface area contributed by atoms with Crippen molar-refractivity contribution in [2.45, 2.75) is 103 Å². The number of carbonyl (C=O) groups excluding carboxylic acids is 4. The topological polar surface area (TPSA) is 186 Å². The number of thiocarbonyl (C=S) groups is 1. The predicted molar refractivity (Wildman–Crippen MR) is 130 cm³/mol. The van der Waals surface area contributed by atoms with E-state index in [0.29, 0.717) is 0 Å². The van der Waals surface area contributed by atoms with E-state index < -0.39 is 84.9 Å². The van der Waals surface area contributed by atoms with Crippen molar-refractivity contribution in [3.8, 4) is 0 Å². The molecule has 0 aromatic heterocycles. The van der Waals surface area contributed by atoms with E-state index >= 15 is 0 Å². The molecule has 0 bridgehead atoms. The number of fused-ring (bicyclic) bond motifs is 1. The summed E-state index contributed by atoms with van der Waals surface area (Å²) in [4.78, 5) is 47.2. The number of nitrogens with one attached hydrogen (secondary N) is 2. The minimum atomic E-state index is -1.35. The molecule has 3 fully saturated rings. The Balaban J connectivity index is 1.73. The largest absolute Gasteiger partial charge is 0.463 e. The fourth-order valence-corrected chi connectivity index (χ4v) is 4.64. The second-order valence-electron chi connectivity index (χ2n) is 9.61. The SMILES string of the molecule is CC(=O)OC[C@H]1O[C@@H](NC(=S)NC[C@H]2O[C@@H]3OC(C)(C)O[C@@H]3[C@H]2O)[C@H](OC(C)=O)[C@@H](OC(C)=O)[C@@H]1OC(C)=O. The molecule has 3 heterocycles. The Morgan fingerprint density at radius 3 is 2.00 bits per heavy atom. The van der Waals surface area contributed by atoms with E-state index in [-0.39, 0.29) is 18.3 Å². The Hall–Kier alpha value is -2.63. The van der Waals surface area contributed by atoms with Crippen LogP contribution in [0.25, 0.3) is 0 Å². The zero-order valence-electron chi connectivity index (χ0n) is 22.4. The van der Waals surface area contributed by atoms with Gasteiger partial charge in [-0.2, -0.15) is 0 Å². The van der Waals surface area contributed by atoms with Crippen LogP contribution in [0.2, 0.25) is 0 Å². The van der Waals surface area contributed by atoms with Crippen molar-refractivity contribution in [1.29, 1.82) is 0 Å². The standard InChI is InChI=1S/C23H34N2O13S/c1-9(26)31-8-14-16(32-10(2)27)18(33-11(3)28)19(34-12(4)29)20(35-14)25-22(39)24-7-13-15(30)17-21(36-13)38-23(5,6)37-17/h13-21,30H,7-8H2,1-6H3,(H2,24,25,39)/t13-,14-,15+,16-,17-,18+,19-,20-,21-/m1/s1. The average Bonchev–Trinajstić information content (AvgIpc) is 3.25. The van der Waals surface area contributed by atoms with Gasteiger partial charge >= 0.3 is 23.9 Å². The lowest BCUT2D eigenvalue weighted by Gasteiger charge is -2.44. The first-order valence-corrected chi connectivity index (χ1v) is 12.6. The first kappa shape index (κ1) is 30.9. The van der Waals surface area contributed by atoms with Gasteiger partial charge in [0.05, 0.1) is 0 Å². The van der Waals surface area contributed by atoms with Gasteiger partial charge in [0.15, 0.2) is 41.7 Å². The lowest BCUT2D eigenvalue weighted by molar-refractivity contribution is -0.254. The Bertz CT molecular complexity index is 962. The van der Waals surface area contributed by atoms with E-state index in [2.05, 4.69) is 10.6 Å². The van der Waals surface area contributed by atoms with Crippen molar-refractivity contribution in [1.82, 2.24) is 10.6 Å². The highest BCUT2D eigenvalue weighted by Crippen LogP contribution is 2.37. The van der Waals surface area contributed by atoms with Crippen LogP contribution in [0.5, 0.6) is 0 Å². The number of esters is 4. The molecule has 15 nitrogen and oxygen atoms in total. The van der Waals surface area contributed by atoms with E-state index in [0.717, 1.165) is 20.8 Å². The van der Waals surface area contributed by atoms with Gasteiger partial charge in [-0.15, -0.1) is 0 Å². The fraction of sp³-hybridized carbons (Fsp3) is 0.783. The first-order valence-electron chi connectivity index (χ1n) is 12.2. The number of hydrogen-bond donors (Lipinski definition) is 3. The lowest BCUT2D eigenvalue weighted by atomic mass is 9.97. The molecule has 0 unspecified atom stereocenters. The summed E-state index contributed by atoms with van der Waals surface area (Å²) in [5.74, 6) is -3.77.